The number of allylic oxidation sites excluding steroid dienone is 1. The summed E-state index contributed by atoms with van der Waals surface area (Å²) in [6, 6.07) is 5.01. The zero-order chi connectivity index (χ0) is 13.3. The zero-order valence-electron chi connectivity index (χ0n) is 9.15. The molecule has 0 fully saturated rings. The second-order valence-corrected chi connectivity index (χ2v) is 4.48. The summed E-state index contributed by atoms with van der Waals surface area (Å²) in [5.41, 5.74) is 0.528. The Bertz CT molecular complexity index is 604. The van der Waals surface area contributed by atoms with Gasteiger partial charge in [0.1, 0.15) is 10.8 Å². The molecule has 3 nitrogen and oxygen atoms in total. The number of nitrogens with zero attached hydrogens (tertiary/aromatic N) is 1. The smallest absolute Gasteiger partial charge is 0.448 e. The number of hydrogen-bond acceptors (Lipinski definition) is 4. The molecular weight excluding hydrogens is 267 g/mol. The van der Waals surface area contributed by atoms with E-state index in [1.807, 2.05) is 0 Å². The summed E-state index contributed by atoms with van der Waals surface area (Å²) in [6.45, 7) is 0. The summed E-state index contributed by atoms with van der Waals surface area (Å²) >= 11 is 1.06. The molecule has 0 amide bonds. The Labute approximate surface area is 104 Å². The van der Waals surface area contributed by atoms with Crippen LogP contribution in [0.2, 0.25) is 0 Å². The minimum Gasteiger partial charge on any atom is -0.504 e. The number of aliphatic hydroxyl groups excluding tert-OH is 1. The Morgan fingerprint density at radius 3 is 2.78 bits per heavy atom. The molecule has 0 radical (unpaired) electrons. The van der Waals surface area contributed by atoms with Crippen molar-refractivity contribution in [1.82, 2.24) is 4.98 Å². The summed E-state index contributed by atoms with van der Waals surface area (Å²) < 4.78 is 42.1. The second-order valence-electron chi connectivity index (χ2n) is 3.41. The van der Waals surface area contributed by atoms with Gasteiger partial charge in [-0.2, -0.15) is 13.2 Å². The van der Waals surface area contributed by atoms with Crippen molar-refractivity contribution in [3.05, 3.63) is 29.0 Å². The molecule has 18 heavy (non-hydrogen) atoms. The average molecular weight is 275 g/mol. The van der Waals surface area contributed by atoms with Crippen molar-refractivity contribution in [3.8, 4) is 5.75 Å². The third-order valence-corrected chi connectivity index (χ3v) is 3.15. The Kier molecular flexibility index (Phi) is 3.16. The number of aliphatic hydroxyl groups is 1. The lowest BCUT2D eigenvalue weighted by atomic mass is 10.3. The molecule has 2 aromatic rings. The number of fused-ring (bicyclic) bond motifs is 1. The fourth-order valence-corrected chi connectivity index (χ4v) is 2.20. The van der Waals surface area contributed by atoms with Crippen LogP contribution in [0.3, 0.4) is 0 Å². The van der Waals surface area contributed by atoms with E-state index in [-0.39, 0.29) is 5.01 Å². The quantitative estimate of drug-likeness (QED) is 0.848. The number of alkyl halides is 3. The van der Waals surface area contributed by atoms with Crippen LogP contribution in [-0.4, -0.2) is 23.4 Å². The van der Waals surface area contributed by atoms with E-state index in [0.717, 1.165) is 16.0 Å². The molecule has 1 heterocycles. The maximum atomic E-state index is 12.1. The first kappa shape index (κ1) is 12.7. The van der Waals surface area contributed by atoms with Gasteiger partial charge < -0.3 is 9.84 Å². The molecule has 0 aliphatic heterocycles. The molecule has 1 aromatic carbocycles. The van der Waals surface area contributed by atoms with Gasteiger partial charge in [-0.3, -0.25) is 0 Å². The average Bonchev–Trinajstić information content (AvgIpc) is 2.68. The van der Waals surface area contributed by atoms with Crippen molar-refractivity contribution in [3.63, 3.8) is 0 Å². The van der Waals surface area contributed by atoms with Gasteiger partial charge in [-0.1, -0.05) is 0 Å². The maximum absolute atomic E-state index is 12.1. The minimum absolute atomic E-state index is 0.0908. The number of thiazole rings is 1. The van der Waals surface area contributed by atoms with E-state index >= 15 is 0 Å². The first-order valence-electron chi connectivity index (χ1n) is 4.82. The van der Waals surface area contributed by atoms with E-state index < -0.39 is 11.9 Å². The Morgan fingerprint density at radius 2 is 2.17 bits per heavy atom. The highest BCUT2D eigenvalue weighted by Crippen LogP contribution is 2.30. The van der Waals surface area contributed by atoms with Gasteiger partial charge in [-0.15, -0.1) is 11.3 Å². The lowest BCUT2D eigenvalue weighted by molar-refractivity contribution is -0.119. The fraction of sp³-hybridized carbons (Fsp3) is 0.182. The van der Waals surface area contributed by atoms with E-state index in [4.69, 9.17) is 9.84 Å². The van der Waals surface area contributed by atoms with E-state index in [9.17, 15) is 13.2 Å². The van der Waals surface area contributed by atoms with Crippen LogP contribution in [0.25, 0.3) is 16.3 Å². The van der Waals surface area contributed by atoms with Crippen LogP contribution in [0, 0.1) is 0 Å². The number of aromatic nitrogens is 1. The Morgan fingerprint density at radius 1 is 1.44 bits per heavy atom. The highest BCUT2D eigenvalue weighted by atomic mass is 32.1. The van der Waals surface area contributed by atoms with Gasteiger partial charge in [0.15, 0.2) is 0 Å². The van der Waals surface area contributed by atoms with E-state index in [1.54, 1.807) is 18.2 Å². The van der Waals surface area contributed by atoms with E-state index in [0.29, 0.717) is 17.3 Å². The molecule has 0 bridgehead atoms. The van der Waals surface area contributed by atoms with Gasteiger partial charge in [0.25, 0.3) is 0 Å². The normalized spacial score (nSPS) is 13.0. The highest BCUT2D eigenvalue weighted by Gasteiger charge is 2.33. The minimum atomic E-state index is -4.75. The summed E-state index contributed by atoms with van der Waals surface area (Å²) in [7, 11) is 1.49. The van der Waals surface area contributed by atoms with E-state index in [1.165, 1.54) is 7.11 Å². The summed E-state index contributed by atoms with van der Waals surface area (Å²) in [5, 5.41) is 8.93. The van der Waals surface area contributed by atoms with Crippen molar-refractivity contribution >= 4 is 27.6 Å². The van der Waals surface area contributed by atoms with Gasteiger partial charge in [-0.05, 0) is 12.1 Å². The number of ether oxygens (including phenoxy) is 1. The molecule has 0 saturated carbocycles. The topological polar surface area (TPSA) is 42.4 Å². The van der Waals surface area contributed by atoms with Crippen LogP contribution in [-0.2, 0) is 0 Å². The maximum Gasteiger partial charge on any atom is 0.448 e. The molecule has 0 unspecified atom stereocenters. The molecule has 0 aliphatic rings. The van der Waals surface area contributed by atoms with Gasteiger partial charge >= 0.3 is 6.18 Å². The number of benzene rings is 1. The molecule has 7 heteroatoms. The monoisotopic (exact) mass is 275 g/mol. The van der Waals surface area contributed by atoms with Crippen LogP contribution in [0.15, 0.2) is 24.0 Å². The predicted molar refractivity (Wildman–Crippen MR) is 62.8 cm³/mol. The molecule has 96 valence electrons. The van der Waals surface area contributed by atoms with Gasteiger partial charge in [0.05, 0.1) is 17.3 Å². The van der Waals surface area contributed by atoms with Crippen LogP contribution < -0.4 is 4.74 Å². The Hall–Kier alpha value is -1.76. The zero-order valence-corrected chi connectivity index (χ0v) is 9.97. The third-order valence-electron chi connectivity index (χ3n) is 2.16. The van der Waals surface area contributed by atoms with E-state index in [2.05, 4.69) is 4.98 Å². The van der Waals surface area contributed by atoms with Gasteiger partial charge in [0, 0.05) is 12.1 Å². The number of rotatable bonds is 2. The van der Waals surface area contributed by atoms with Crippen molar-refractivity contribution < 1.29 is 23.0 Å². The SMILES string of the molecule is COc1ccc2sc(C=C(O)C(F)(F)F)nc2c1. The lowest BCUT2D eigenvalue weighted by Gasteiger charge is -2.02. The van der Waals surface area contributed by atoms with Crippen molar-refractivity contribution in [1.29, 1.82) is 0 Å². The number of methoxy groups -OCH3 is 1. The van der Waals surface area contributed by atoms with Crippen molar-refractivity contribution in [2.75, 3.05) is 7.11 Å². The van der Waals surface area contributed by atoms with Crippen LogP contribution in [0.1, 0.15) is 5.01 Å². The molecule has 0 spiro atoms. The fourth-order valence-electron chi connectivity index (χ4n) is 1.31. The largest absolute Gasteiger partial charge is 0.504 e. The Balaban J connectivity index is 2.42. The first-order chi connectivity index (χ1) is 8.40. The molecular formula is C11H8F3NO2S. The first-order valence-corrected chi connectivity index (χ1v) is 5.64. The molecule has 0 saturated heterocycles. The molecule has 0 atom stereocenters. The summed E-state index contributed by atoms with van der Waals surface area (Å²) in [4.78, 5) is 3.98. The van der Waals surface area contributed by atoms with Crippen molar-refractivity contribution in [2.24, 2.45) is 0 Å². The number of halogens is 3. The third kappa shape index (κ3) is 2.56. The molecule has 1 aromatic heterocycles. The van der Waals surface area contributed by atoms with Gasteiger partial charge in [-0.25, -0.2) is 4.98 Å². The number of hydrogen-bond donors (Lipinski definition) is 1. The molecule has 2 rings (SSSR count). The van der Waals surface area contributed by atoms with Crippen molar-refractivity contribution in [2.45, 2.75) is 6.18 Å². The van der Waals surface area contributed by atoms with Crippen LogP contribution >= 0.6 is 11.3 Å². The molecule has 0 aliphatic carbocycles. The molecule has 1 N–H and O–H groups in total. The predicted octanol–water partition coefficient (Wildman–Crippen LogP) is 3.77. The lowest BCUT2D eigenvalue weighted by Crippen LogP contribution is -2.10. The van der Waals surface area contributed by atoms with Gasteiger partial charge in [0.2, 0.25) is 5.76 Å². The summed E-state index contributed by atoms with van der Waals surface area (Å²) in [6.07, 6.45) is -4.15. The second kappa shape index (κ2) is 4.49. The standard InChI is InChI=1S/C11H8F3NO2S/c1-17-6-2-3-8-7(4-6)15-10(18-8)5-9(16)11(12,13)14/h2-5,16H,1H3. The van der Waals surface area contributed by atoms with Crippen LogP contribution in [0.4, 0.5) is 13.2 Å². The van der Waals surface area contributed by atoms with Crippen LogP contribution in [0.5, 0.6) is 5.75 Å². The highest BCUT2D eigenvalue weighted by molar-refractivity contribution is 7.19. The summed E-state index contributed by atoms with van der Waals surface area (Å²) in [5.74, 6) is -1.09.